The maximum atomic E-state index is 2.44. The summed E-state index contributed by atoms with van der Waals surface area (Å²) < 4.78 is 0. The lowest BCUT2D eigenvalue weighted by Crippen LogP contribution is -2.29. The maximum Gasteiger partial charge on any atom is 0.0559 e. The molecule has 0 saturated carbocycles. The molecule has 0 spiro atoms. The van der Waals surface area contributed by atoms with E-state index in [2.05, 4.69) is 218 Å². The number of hydrogen-bond donors (Lipinski definition) is 0. The molecule has 0 heterocycles. The van der Waals surface area contributed by atoms with Crippen molar-refractivity contribution in [2.75, 3.05) is 9.80 Å². The lowest BCUT2D eigenvalue weighted by molar-refractivity contribution is 0.552. The van der Waals surface area contributed by atoms with Crippen molar-refractivity contribution in [3.8, 4) is 0 Å². The molecule has 0 saturated heterocycles. The van der Waals surface area contributed by atoms with Gasteiger partial charge in [-0.15, -0.1) is 0 Å². The number of benzene rings is 5. The quantitative estimate of drug-likeness (QED) is 0.140. The second-order valence-corrected chi connectivity index (χ2v) is 13.8. The molecule has 5 aromatic rings. The van der Waals surface area contributed by atoms with E-state index >= 15 is 0 Å². The molecule has 0 aromatic heterocycles. The van der Waals surface area contributed by atoms with Gasteiger partial charge >= 0.3 is 0 Å². The molecule has 0 N–H and O–H groups in total. The fourth-order valence-corrected chi connectivity index (χ4v) is 7.00. The average Bonchev–Trinajstić information content (AvgIpc) is 3.18. The monoisotopic (exact) mass is 650 g/mol. The molecule has 2 heteroatoms. The van der Waals surface area contributed by atoms with E-state index in [1.54, 1.807) is 0 Å². The van der Waals surface area contributed by atoms with Crippen LogP contribution in [0.5, 0.6) is 0 Å². The molecule has 2 nitrogen and oxygen atoms in total. The molecule has 0 aliphatic heterocycles. The molecule has 2 aliphatic rings. The van der Waals surface area contributed by atoms with Crippen LogP contribution in [0.2, 0.25) is 0 Å². The zero-order valence-corrected chi connectivity index (χ0v) is 29.1. The third-order valence-electron chi connectivity index (χ3n) is 9.93. The van der Waals surface area contributed by atoms with Gasteiger partial charge in [-0.3, -0.25) is 0 Å². The van der Waals surface area contributed by atoms with Crippen LogP contribution < -0.4 is 9.80 Å². The van der Waals surface area contributed by atoms with Gasteiger partial charge in [0.1, 0.15) is 0 Å². The highest BCUT2D eigenvalue weighted by Crippen LogP contribution is 2.38. The molecule has 0 amide bonds. The van der Waals surface area contributed by atoms with E-state index < -0.39 is 0 Å². The molecule has 0 bridgehead atoms. The van der Waals surface area contributed by atoms with Gasteiger partial charge in [0, 0.05) is 33.9 Å². The van der Waals surface area contributed by atoms with Crippen molar-refractivity contribution in [1.82, 2.24) is 0 Å². The molecule has 3 unspecified atom stereocenters. The number of para-hydroxylation sites is 3. The second kappa shape index (κ2) is 15.3. The van der Waals surface area contributed by atoms with Crippen molar-refractivity contribution in [1.29, 1.82) is 0 Å². The Morgan fingerprint density at radius 3 is 1.80 bits per heavy atom. The van der Waals surface area contributed by atoms with Gasteiger partial charge in [-0.2, -0.15) is 0 Å². The molecular weight excluding hydrogens is 605 g/mol. The summed E-state index contributed by atoms with van der Waals surface area (Å²) >= 11 is 0. The minimum atomic E-state index is 0.000688. The van der Waals surface area contributed by atoms with Crippen molar-refractivity contribution < 1.29 is 0 Å². The van der Waals surface area contributed by atoms with E-state index in [1.807, 2.05) is 0 Å². The third kappa shape index (κ3) is 7.82. The molecular formula is C48H46N2. The van der Waals surface area contributed by atoms with Gasteiger partial charge in [-0.25, -0.2) is 0 Å². The van der Waals surface area contributed by atoms with E-state index in [4.69, 9.17) is 0 Å². The van der Waals surface area contributed by atoms with Gasteiger partial charge < -0.3 is 9.80 Å². The Labute approximate surface area is 298 Å². The Kier molecular flexibility index (Phi) is 10.1. The molecule has 7 rings (SSSR count). The summed E-state index contributed by atoms with van der Waals surface area (Å²) in [6, 6.07) is 50.3. The van der Waals surface area contributed by atoms with Gasteiger partial charge in [0.2, 0.25) is 0 Å². The van der Waals surface area contributed by atoms with E-state index in [1.165, 1.54) is 33.8 Å². The first-order chi connectivity index (χ1) is 24.5. The van der Waals surface area contributed by atoms with Crippen molar-refractivity contribution in [2.24, 2.45) is 5.41 Å². The summed E-state index contributed by atoms with van der Waals surface area (Å²) in [6.45, 7) is 4.67. The standard InChI is InChI=1S/C48H46N2/c1-38(41-25-29-47(30-26-41)50(44-19-11-5-12-20-44)45-21-13-6-14-22-45)37-40-32-35-48(2,36-33-40)34-31-39-23-27-46(28-24-39)49(42-15-7-3-8-16-42)43-17-9-4-10-18-43/h3-17,19-35,38,43H,18,36-37H2,1-2H3/b34-31+. The summed E-state index contributed by atoms with van der Waals surface area (Å²) in [6.07, 6.45) is 23.7. The zero-order valence-electron chi connectivity index (χ0n) is 29.1. The van der Waals surface area contributed by atoms with E-state index in [0.29, 0.717) is 12.0 Å². The average molecular weight is 651 g/mol. The van der Waals surface area contributed by atoms with Crippen molar-refractivity contribution in [3.63, 3.8) is 0 Å². The largest absolute Gasteiger partial charge is 0.334 e. The van der Waals surface area contributed by atoms with Gasteiger partial charge in [-0.05, 0) is 97.0 Å². The fourth-order valence-electron chi connectivity index (χ4n) is 7.00. The lowest BCUT2D eigenvalue weighted by atomic mass is 9.79. The van der Waals surface area contributed by atoms with Crippen LogP contribution in [0.1, 0.15) is 50.2 Å². The molecule has 2 aliphatic carbocycles. The number of nitrogens with zero attached hydrogens (tertiary/aromatic N) is 2. The summed E-state index contributed by atoms with van der Waals surface area (Å²) in [4.78, 5) is 4.75. The Bertz CT molecular complexity index is 1950. The van der Waals surface area contributed by atoms with Crippen LogP contribution >= 0.6 is 0 Å². The van der Waals surface area contributed by atoms with Gasteiger partial charge in [0.15, 0.2) is 0 Å². The van der Waals surface area contributed by atoms with Crippen molar-refractivity contribution >= 4 is 34.5 Å². The van der Waals surface area contributed by atoms with Crippen molar-refractivity contribution in [3.05, 3.63) is 205 Å². The summed E-state index contributed by atoms with van der Waals surface area (Å²) in [5, 5.41) is 0. The SMILES string of the molecule is CC(CC1=CCC(C)(/C=C/c2ccc(N(c3ccccc3)C3C=CC=CC3)cc2)C=C1)c1ccc(N(c2ccccc2)c2ccccc2)cc1. The topological polar surface area (TPSA) is 6.48 Å². The zero-order chi connectivity index (χ0) is 34.2. The van der Waals surface area contributed by atoms with Crippen LogP contribution in [0, 0.1) is 5.41 Å². The predicted molar refractivity (Wildman–Crippen MR) is 215 cm³/mol. The predicted octanol–water partition coefficient (Wildman–Crippen LogP) is 13.3. The maximum absolute atomic E-state index is 2.44. The number of anilines is 5. The fraction of sp³-hybridized carbons (Fsp3) is 0.167. The van der Waals surface area contributed by atoms with E-state index in [-0.39, 0.29) is 5.41 Å². The smallest absolute Gasteiger partial charge is 0.0559 e. The molecule has 50 heavy (non-hydrogen) atoms. The van der Waals surface area contributed by atoms with Crippen LogP contribution in [0.25, 0.3) is 6.08 Å². The molecule has 0 fully saturated rings. The highest BCUT2D eigenvalue weighted by atomic mass is 15.2. The first kappa shape index (κ1) is 32.9. The van der Waals surface area contributed by atoms with Crippen LogP contribution in [0.4, 0.5) is 28.4 Å². The first-order valence-electron chi connectivity index (χ1n) is 17.9. The highest BCUT2D eigenvalue weighted by molar-refractivity contribution is 5.76. The minimum absolute atomic E-state index is 0.000688. The Hall–Kier alpha value is -5.60. The normalized spacial score (nSPS) is 18.9. The van der Waals surface area contributed by atoms with E-state index in [9.17, 15) is 0 Å². The summed E-state index contributed by atoms with van der Waals surface area (Å²) in [5.41, 5.74) is 9.91. The lowest BCUT2D eigenvalue weighted by Gasteiger charge is -2.32. The number of hydrogen-bond acceptors (Lipinski definition) is 2. The summed E-state index contributed by atoms with van der Waals surface area (Å²) in [7, 11) is 0. The Balaban J connectivity index is 0.983. The van der Waals surface area contributed by atoms with Crippen LogP contribution in [0.15, 0.2) is 194 Å². The van der Waals surface area contributed by atoms with Crippen LogP contribution in [-0.4, -0.2) is 6.04 Å². The highest BCUT2D eigenvalue weighted by Gasteiger charge is 2.21. The molecule has 0 radical (unpaired) electrons. The number of rotatable bonds is 11. The van der Waals surface area contributed by atoms with Gasteiger partial charge in [0.05, 0.1) is 6.04 Å². The van der Waals surface area contributed by atoms with E-state index in [0.717, 1.165) is 30.6 Å². The third-order valence-corrected chi connectivity index (χ3v) is 9.93. The Morgan fingerprint density at radius 2 is 1.24 bits per heavy atom. The second-order valence-electron chi connectivity index (χ2n) is 13.8. The summed E-state index contributed by atoms with van der Waals surface area (Å²) in [5.74, 6) is 0.427. The van der Waals surface area contributed by atoms with Crippen LogP contribution in [0.3, 0.4) is 0 Å². The van der Waals surface area contributed by atoms with Crippen LogP contribution in [-0.2, 0) is 0 Å². The molecule has 5 aromatic carbocycles. The van der Waals surface area contributed by atoms with Crippen molar-refractivity contribution in [2.45, 2.75) is 45.1 Å². The van der Waals surface area contributed by atoms with Gasteiger partial charge in [0.25, 0.3) is 0 Å². The Morgan fingerprint density at radius 1 is 0.680 bits per heavy atom. The molecule has 248 valence electrons. The minimum Gasteiger partial charge on any atom is -0.334 e. The number of allylic oxidation sites excluding steroid dienone is 7. The van der Waals surface area contributed by atoms with Gasteiger partial charge in [-0.1, -0.05) is 153 Å². The molecule has 3 atom stereocenters. The first-order valence-corrected chi connectivity index (χ1v) is 17.9.